The third-order valence-electron chi connectivity index (χ3n) is 4.72. The predicted molar refractivity (Wildman–Crippen MR) is 98.1 cm³/mol. The van der Waals surface area contributed by atoms with E-state index in [0.29, 0.717) is 0 Å². The molecule has 126 valence electrons. The molecule has 0 bridgehead atoms. The van der Waals surface area contributed by atoms with Crippen LogP contribution >= 0.6 is 0 Å². The number of piperazine rings is 1. The van der Waals surface area contributed by atoms with Gasteiger partial charge < -0.3 is 10.2 Å². The van der Waals surface area contributed by atoms with E-state index >= 15 is 0 Å². The fourth-order valence-electron chi connectivity index (χ4n) is 3.38. The summed E-state index contributed by atoms with van der Waals surface area (Å²) in [6, 6.07) is 18.6. The molecule has 1 N–H and O–H groups in total. The summed E-state index contributed by atoms with van der Waals surface area (Å²) in [5.41, 5.74) is 3.73. The number of carbonyl (C=O) groups is 1. The van der Waals surface area contributed by atoms with Gasteiger partial charge in [-0.3, -0.25) is 9.69 Å². The van der Waals surface area contributed by atoms with Crippen molar-refractivity contribution >= 4 is 11.6 Å². The lowest BCUT2D eigenvalue weighted by molar-refractivity contribution is -0.126. The number of amides is 1. The average molecular weight is 323 g/mol. The first kappa shape index (κ1) is 16.5. The molecule has 1 aliphatic heterocycles. The number of para-hydroxylation sites is 1. The van der Waals surface area contributed by atoms with E-state index in [4.69, 9.17) is 0 Å². The zero-order chi connectivity index (χ0) is 16.9. The van der Waals surface area contributed by atoms with Crippen LogP contribution in [0.3, 0.4) is 0 Å². The minimum absolute atomic E-state index is 0.0872. The summed E-state index contributed by atoms with van der Waals surface area (Å²) < 4.78 is 0. The molecule has 1 heterocycles. The van der Waals surface area contributed by atoms with Crippen LogP contribution in [0.5, 0.6) is 0 Å². The Balaban J connectivity index is 1.78. The van der Waals surface area contributed by atoms with E-state index < -0.39 is 0 Å². The maximum absolute atomic E-state index is 12.4. The Labute approximate surface area is 144 Å². The van der Waals surface area contributed by atoms with Gasteiger partial charge in [-0.15, -0.1) is 0 Å². The lowest BCUT2D eigenvalue weighted by Crippen LogP contribution is -2.58. The molecule has 4 heteroatoms. The lowest BCUT2D eigenvalue weighted by atomic mass is 10.1. The second-order valence-electron chi connectivity index (χ2n) is 6.32. The number of hydrogen-bond acceptors (Lipinski definition) is 3. The van der Waals surface area contributed by atoms with E-state index in [0.717, 1.165) is 26.2 Å². The van der Waals surface area contributed by atoms with Crippen LogP contribution in [0.2, 0.25) is 0 Å². The first-order chi connectivity index (χ1) is 11.7. The number of rotatable bonds is 4. The average Bonchev–Trinajstić information content (AvgIpc) is 2.63. The highest BCUT2D eigenvalue weighted by atomic mass is 16.2. The number of anilines is 1. The van der Waals surface area contributed by atoms with Gasteiger partial charge >= 0.3 is 0 Å². The third-order valence-corrected chi connectivity index (χ3v) is 4.72. The van der Waals surface area contributed by atoms with Crippen LogP contribution in [0.1, 0.15) is 11.1 Å². The largest absolute Gasteiger partial charge is 0.368 e. The molecule has 0 spiro atoms. The zero-order valence-corrected chi connectivity index (χ0v) is 14.4. The van der Waals surface area contributed by atoms with Crippen LogP contribution < -0.4 is 10.2 Å². The van der Waals surface area contributed by atoms with Gasteiger partial charge in [0.15, 0.2) is 0 Å². The Kier molecular flexibility index (Phi) is 5.16. The van der Waals surface area contributed by atoms with Crippen molar-refractivity contribution < 1.29 is 4.79 Å². The Bertz CT molecular complexity index is 686. The fraction of sp³-hybridized carbons (Fsp3) is 0.350. The van der Waals surface area contributed by atoms with E-state index in [9.17, 15) is 4.79 Å². The van der Waals surface area contributed by atoms with Crippen molar-refractivity contribution in [1.82, 2.24) is 10.2 Å². The summed E-state index contributed by atoms with van der Waals surface area (Å²) in [6.07, 6.45) is 0. The van der Waals surface area contributed by atoms with Gasteiger partial charge in [0.1, 0.15) is 6.04 Å². The molecule has 1 saturated heterocycles. The van der Waals surface area contributed by atoms with Crippen molar-refractivity contribution in [2.75, 3.05) is 31.6 Å². The molecule has 1 fully saturated rings. The summed E-state index contributed by atoms with van der Waals surface area (Å²) in [5, 5.41) is 2.83. The van der Waals surface area contributed by atoms with E-state index in [-0.39, 0.29) is 11.9 Å². The van der Waals surface area contributed by atoms with Crippen LogP contribution in [-0.2, 0) is 11.3 Å². The molecule has 2 aromatic carbocycles. The minimum Gasteiger partial charge on any atom is -0.368 e. The number of nitrogens with zero attached hydrogens (tertiary/aromatic N) is 2. The molecule has 0 radical (unpaired) electrons. The van der Waals surface area contributed by atoms with Gasteiger partial charge in [0.2, 0.25) is 5.91 Å². The van der Waals surface area contributed by atoms with Crippen LogP contribution in [0.25, 0.3) is 0 Å². The van der Waals surface area contributed by atoms with Crippen molar-refractivity contribution in [3.05, 3.63) is 65.7 Å². The van der Waals surface area contributed by atoms with Crippen molar-refractivity contribution in [3.63, 3.8) is 0 Å². The van der Waals surface area contributed by atoms with Gasteiger partial charge in [0.05, 0.1) is 0 Å². The normalized spacial score (nSPS) is 18.4. The molecule has 4 nitrogen and oxygen atoms in total. The highest BCUT2D eigenvalue weighted by molar-refractivity contribution is 5.82. The first-order valence-corrected chi connectivity index (χ1v) is 8.49. The van der Waals surface area contributed by atoms with Crippen LogP contribution in [0.4, 0.5) is 5.69 Å². The molecule has 0 aliphatic carbocycles. The number of hydrogen-bond donors (Lipinski definition) is 1. The minimum atomic E-state index is -0.136. The number of carbonyl (C=O) groups excluding carboxylic acids is 1. The van der Waals surface area contributed by atoms with Gasteiger partial charge in [-0.2, -0.15) is 0 Å². The molecule has 3 rings (SSSR count). The van der Waals surface area contributed by atoms with Crippen molar-refractivity contribution in [2.24, 2.45) is 0 Å². The summed E-state index contributed by atoms with van der Waals surface area (Å²) in [7, 11) is 1.72. The molecule has 0 aromatic heterocycles. The smallest absolute Gasteiger partial charge is 0.238 e. The Hall–Kier alpha value is -2.33. The molecule has 1 atom stereocenters. The highest BCUT2D eigenvalue weighted by Crippen LogP contribution is 2.24. The molecule has 0 saturated carbocycles. The monoisotopic (exact) mass is 323 g/mol. The van der Waals surface area contributed by atoms with Gasteiger partial charge in [-0.1, -0.05) is 48.5 Å². The standard InChI is InChI=1S/C20H25N3O/c1-16-8-6-7-11-18(16)23-13-12-22(19(15-23)20(24)21-2)14-17-9-4-3-5-10-17/h3-11,19H,12-15H2,1-2H3,(H,21,24). The molecule has 2 aromatic rings. The second-order valence-corrected chi connectivity index (χ2v) is 6.32. The highest BCUT2D eigenvalue weighted by Gasteiger charge is 2.32. The van der Waals surface area contributed by atoms with Gasteiger partial charge in [0.25, 0.3) is 0 Å². The van der Waals surface area contributed by atoms with Gasteiger partial charge in [-0.25, -0.2) is 0 Å². The van der Waals surface area contributed by atoms with Gasteiger partial charge in [-0.05, 0) is 24.1 Å². The topological polar surface area (TPSA) is 35.6 Å². The van der Waals surface area contributed by atoms with E-state index in [1.54, 1.807) is 7.05 Å². The Morgan fingerprint density at radius 3 is 2.50 bits per heavy atom. The Morgan fingerprint density at radius 2 is 1.79 bits per heavy atom. The van der Waals surface area contributed by atoms with E-state index in [1.165, 1.54) is 16.8 Å². The Morgan fingerprint density at radius 1 is 1.08 bits per heavy atom. The zero-order valence-electron chi connectivity index (χ0n) is 14.4. The molecule has 1 unspecified atom stereocenters. The maximum atomic E-state index is 12.4. The maximum Gasteiger partial charge on any atom is 0.238 e. The van der Waals surface area contributed by atoms with Crippen molar-refractivity contribution in [3.8, 4) is 0 Å². The molecular weight excluding hydrogens is 298 g/mol. The molecular formula is C20H25N3O. The molecule has 1 aliphatic rings. The summed E-state index contributed by atoms with van der Waals surface area (Å²) >= 11 is 0. The van der Waals surface area contributed by atoms with E-state index in [1.807, 2.05) is 18.2 Å². The van der Waals surface area contributed by atoms with E-state index in [2.05, 4.69) is 58.4 Å². The molecule has 1 amide bonds. The second kappa shape index (κ2) is 7.49. The quantitative estimate of drug-likeness (QED) is 0.939. The first-order valence-electron chi connectivity index (χ1n) is 8.49. The summed E-state index contributed by atoms with van der Waals surface area (Å²) in [4.78, 5) is 17.1. The van der Waals surface area contributed by atoms with Crippen LogP contribution in [0.15, 0.2) is 54.6 Å². The summed E-state index contributed by atoms with van der Waals surface area (Å²) in [6.45, 7) is 5.46. The van der Waals surface area contributed by atoms with Crippen LogP contribution in [-0.4, -0.2) is 43.5 Å². The number of nitrogens with one attached hydrogen (secondary N) is 1. The molecule has 24 heavy (non-hydrogen) atoms. The van der Waals surface area contributed by atoms with Crippen molar-refractivity contribution in [2.45, 2.75) is 19.5 Å². The number of likely N-dealkylation sites (N-methyl/N-ethyl adjacent to an activating group) is 1. The third kappa shape index (κ3) is 3.60. The SMILES string of the molecule is CNC(=O)C1CN(c2ccccc2C)CCN1Cc1ccccc1. The summed E-state index contributed by atoms with van der Waals surface area (Å²) in [5.74, 6) is 0.0872. The predicted octanol–water partition coefficient (Wildman–Crippen LogP) is 2.43. The number of benzene rings is 2. The van der Waals surface area contributed by atoms with Crippen LogP contribution in [0, 0.1) is 6.92 Å². The van der Waals surface area contributed by atoms with Gasteiger partial charge in [0, 0.05) is 38.9 Å². The fourth-order valence-corrected chi connectivity index (χ4v) is 3.38. The van der Waals surface area contributed by atoms with Crippen molar-refractivity contribution in [1.29, 1.82) is 0 Å². The number of aryl methyl sites for hydroxylation is 1. The lowest BCUT2D eigenvalue weighted by Gasteiger charge is -2.42.